The number of alkyl halides is 1. The zero-order valence-corrected chi connectivity index (χ0v) is 24.9. The fourth-order valence-corrected chi connectivity index (χ4v) is 8.56. The van der Waals surface area contributed by atoms with Gasteiger partial charge in [0.25, 0.3) is 0 Å². The first-order valence-corrected chi connectivity index (χ1v) is 15.8. The second-order valence-electron chi connectivity index (χ2n) is 13.2. The molecule has 4 aromatic rings. The summed E-state index contributed by atoms with van der Waals surface area (Å²) in [6.07, 6.45) is 8.89. The number of ether oxygens (including phenoxy) is 2. The lowest BCUT2D eigenvalue weighted by molar-refractivity contribution is 0.107. The normalized spacial score (nSPS) is 28.2. The summed E-state index contributed by atoms with van der Waals surface area (Å²) in [5.74, 6) is 1.35. The first kappa shape index (κ1) is 27.9. The van der Waals surface area contributed by atoms with E-state index >= 15 is 4.39 Å². The first-order valence-electron chi connectivity index (χ1n) is 15.8. The molecule has 0 unspecified atom stereocenters. The van der Waals surface area contributed by atoms with Gasteiger partial charge in [0, 0.05) is 42.5 Å². The van der Waals surface area contributed by atoms with Gasteiger partial charge < -0.3 is 24.8 Å². The molecule has 5 atom stereocenters. The van der Waals surface area contributed by atoms with E-state index in [1.165, 1.54) is 24.3 Å². The Labute approximate surface area is 262 Å². The Morgan fingerprint density at radius 1 is 1.15 bits per heavy atom. The molecule has 5 aliphatic rings. The van der Waals surface area contributed by atoms with Crippen LogP contribution >= 0.6 is 0 Å². The molecule has 12 heteroatoms. The Kier molecular flexibility index (Phi) is 6.12. The molecule has 4 saturated heterocycles. The largest absolute Gasteiger partial charge is 0.508 e. The Morgan fingerprint density at radius 2 is 2.04 bits per heavy atom. The molecule has 2 bridgehead atoms. The van der Waals surface area contributed by atoms with E-state index in [1.807, 2.05) is 0 Å². The maximum absolute atomic E-state index is 17.0. The van der Waals surface area contributed by atoms with E-state index in [9.17, 15) is 13.9 Å². The number of terminal acetylenes is 1. The van der Waals surface area contributed by atoms with E-state index in [0.29, 0.717) is 36.1 Å². The number of anilines is 1. The second-order valence-corrected chi connectivity index (χ2v) is 13.2. The van der Waals surface area contributed by atoms with Gasteiger partial charge in [-0.05, 0) is 55.8 Å². The van der Waals surface area contributed by atoms with Gasteiger partial charge in [0.05, 0.1) is 17.1 Å². The van der Waals surface area contributed by atoms with Crippen molar-refractivity contribution in [2.75, 3.05) is 37.7 Å². The summed E-state index contributed by atoms with van der Waals surface area (Å²) in [5.41, 5.74) is -0.688. The van der Waals surface area contributed by atoms with Gasteiger partial charge in [-0.1, -0.05) is 12.0 Å². The summed E-state index contributed by atoms with van der Waals surface area (Å²) >= 11 is 0. The van der Waals surface area contributed by atoms with Gasteiger partial charge >= 0.3 is 6.01 Å². The molecule has 0 saturated carbocycles. The van der Waals surface area contributed by atoms with E-state index < -0.39 is 23.3 Å². The predicted octanol–water partition coefficient (Wildman–Crippen LogP) is 4.47. The van der Waals surface area contributed by atoms with E-state index in [-0.39, 0.29) is 76.7 Å². The summed E-state index contributed by atoms with van der Waals surface area (Å²) in [5, 5.41) is 15.3. The van der Waals surface area contributed by atoms with Gasteiger partial charge in [-0.3, -0.25) is 4.90 Å². The number of aromatic nitrogens is 3. The zero-order valence-electron chi connectivity index (χ0n) is 24.9. The lowest BCUT2D eigenvalue weighted by Gasteiger charge is -2.40. The van der Waals surface area contributed by atoms with Crippen LogP contribution in [0.25, 0.3) is 32.9 Å². The third kappa shape index (κ3) is 4.07. The zero-order chi connectivity index (χ0) is 31.3. The molecule has 9 rings (SSSR count). The van der Waals surface area contributed by atoms with Crippen LogP contribution < -0.4 is 19.7 Å². The Bertz CT molecular complexity index is 1990. The maximum Gasteiger partial charge on any atom is 0.319 e. The van der Waals surface area contributed by atoms with Gasteiger partial charge in [0.1, 0.15) is 53.4 Å². The number of nitrogens with zero attached hydrogens (tertiary/aromatic N) is 5. The van der Waals surface area contributed by atoms with Crippen LogP contribution in [0.2, 0.25) is 0 Å². The molecule has 0 amide bonds. The van der Waals surface area contributed by atoms with Crippen LogP contribution in [-0.4, -0.2) is 87.6 Å². The van der Waals surface area contributed by atoms with Crippen molar-refractivity contribution in [1.29, 1.82) is 0 Å². The lowest BCUT2D eigenvalue weighted by atomic mass is 9.95. The van der Waals surface area contributed by atoms with Crippen LogP contribution in [0.15, 0.2) is 24.3 Å². The summed E-state index contributed by atoms with van der Waals surface area (Å²) in [4.78, 5) is 18.4. The quantitative estimate of drug-likeness (QED) is 0.318. The summed E-state index contributed by atoms with van der Waals surface area (Å²) in [6, 6.07) is 5.72. The van der Waals surface area contributed by atoms with Crippen LogP contribution in [0.3, 0.4) is 0 Å². The molecule has 4 fully saturated rings. The van der Waals surface area contributed by atoms with Crippen molar-refractivity contribution in [3.05, 3.63) is 41.5 Å². The van der Waals surface area contributed by atoms with Gasteiger partial charge in [0.2, 0.25) is 5.88 Å². The first-order chi connectivity index (χ1) is 22.3. The molecular formula is C34H31F3N6O3. The van der Waals surface area contributed by atoms with Crippen molar-refractivity contribution in [2.45, 2.75) is 61.9 Å². The number of aromatic hydroxyl groups is 1. The van der Waals surface area contributed by atoms with E-state index in [0.717, 1.165) is 32.2 Å². The van der Waals surface area contributed by atoms with Crippen molar-refractivity contribution in [3.8, 4) is 41.2 Å². The lowest BCUT2D eigenvalue weighted by Crippen LogP contribution is -2.60. The summed E-state index contributed by atoms with van der Waals surface area (Å²) in [7, 11) is 0. The number of nitrogens with one attached hydrogen (secondary N) is 1. The number of halogens is 3. The number of fused-ring (bicyclic) bond motifs is 7. The number of hydrogen-bond donors (Lipinski definition) is 2. The highest BCUT2D eigenvalue weighted by Crippen LogP contribution is 2.45. The van der Waals surface area contributed by atoms with E-state index in [4.69, 9.17) is 20.9 Å². The minimum absolute atomic E-state index is 0.0179. The van der Waals surface area contributed by atoms with Gasteiger partial charge in [-0.2, -0.15) is 9.97 Å². The van der Waals surface area contributed by atoms with Crippen LogP contribution in [-0.2, 0) is 0 Å². The minimum atomic E-state index is -0.927. The number of phenols is 1. The fourth-order valence-electron chi connectivity index (χ4n) is 8.56. The van der Waals surface area contributed by atoms with Crippen LogP contribution in [0.4, 0.5) is 19.0 Å². The second kappa shape index (κ2) is 10.1. The molecule has 2 aromatic heterocycles. The highest BCUT2D eigenvalue weighted by Gasteiger charge is 2.50. The molecule has 236 valence electrons. The average molecular weight is 629 g/mol. The molecule has 2 N–H and O–H groups in total. The Morgan fingerprint density at radius 3 is 2.91 bits per heavy atom. The average Bonchev–Trinajstić information content (AvgIpc) is 3.68. The third-order valence-electron chi connectivity index (χ3n) is 10.6. The van der Waals surface area contributed by atoms with Gasteiger partial charge in [-0.25, -0.2) is 18.2 Å². The van der Waals surface area contributed by atoms with Crippen molar-refractivity contribution >= 4 is 27.5 Å². The fraction of sp³-hybridized carbons (Fsp3) is 0.441. The van der Waals surface area contributed by atoms with Crippen LogP contribution in [0, 0.1) is 24.0 Å². The topological polar surface area (TPSA) is 95.9 Å². The van der Waals surface area contributed by atoms with Crippen molar-refractivity contribution in [2.24, 2.45) is 0 Å². The molecule has 7 heterocycles. The van der Waals surface area contributed by atoms with Crippen molar-refractivity contribution in [3.63, 3.8) is 0 Å². The molecule has 5 aliphatic heterocycles. The van der Waals surface area contributed by atoms with Crippen LogP contribution in [0.1, 0.15) is 37.7 Å². The Balaban J connectivity index is 1.25. The number of piperazine rings is 1. The highest BCUT2D eigenvalue weighted by molar-refractivity contribution is 6.04. The maximum atomic E-state index is 17.0. The van der Waals surface area contributed by atoms with Crippen LogP contribution in [0.5, 0.6) is 17.6 Å². The predicted molar refractivity (Wildman–Crippen MR) is 165 cm³/mol. The SMILES string of the molecule is C#Cc1c(F)ccc2cc(O)cc(-c3nc4c5c(nc(OC[C@]67CCCN6C[C@@H](F)C7)nc5c3F)N3C[C@@H]5CC[C@@H](N5)[C@@H]3CO4)c12. The van der Waals surface area contributed by atoms with Crippen molar-refractivity contribution < 1.29 is 27.8 Å². The molecule has 46 heavy (non-hydrogen) atoms. The molecule has 0 aliphatic carbocycles. The van der Waals surface area contributed by atoms with Crippen molar-refractivity contribution in [1.82, 2.24) is 25.2 Å². The number of benzene rings is 2. The summed E-state index contributed by atoms with van der Waals surface area (Å²) in [6.45, 7) is 2.27. The van der Waals surface area contributed by atoms with E-state index in [1.54, 1.807) is 0 Å². The van der Waals surface area contributed by atoms with Gasteiger partial charge in [0.15, 0.2) is 5.82 Å². The number of hydrogen-bond acceptors (Lipinski definition) is 9. The molecular weight excluding hydrogens is 597 g/mol. The number of rotatable bonds is 4. The third-order valence-corrected chi connectivity index (χ3v) is 10.6. The minimum Gasteiger partial charge on any atom is -0.508 e. The monoisotopic (exact) mass is 628 g/mol. The number of phenolic OH excluding ortho intramolecular Hbond substituents is 1. The van der Waals surface area contributed by atoms with E-state index in [2.05, 4.69) is 31.0 Å². The molecule has 9 nitrogen and oxygen atoms in total. The summed E-state index contributed by atoms with van der Waals surface area (Å²) < 4.78 is 59.1. The molecule has 2 aromatic carbocycles. The highest BCUT2D eigenvalue weighted by atomic mass is 19.1. The molecule has 0 radical (unpaired) electrons. The Hall–Kier alpha value is -4.34. The standard InChI is InChI=1S/C34H31F3N6O3/c1-2-21-23(36)6-4-17-10-20(44)11-22(26(17)21)29-28(37)30-27-31(43-14-19-5-7-24(38-19)25(43)15-45-32(27)39-29)41-33(40-30)46-16-34-8-3-9-42(34)13-18(35)12-34/h1,4,6,10-11,18-19,24-25,38,44H,3,5,7-9,12-16H2/t18-,19-,24+,25-,34+/m0/s1. The van der Waals surface area contributed by atoms with Gasteiger partial charge in [-0.15, -0.1) is 6.42 Å². The number of pyridine rings is 1. The molecule has 0 spiro atoms. The smallest absolute Gasteiger partial charge is 0.319 e.